The molecule has 0 bridgehead atoms. The first kappa shape index (κ1) is 25.9. The minimum Gasteiger partial charge on any atom is -0.400 e. The third kappa shape index (κ3) is 5.67. The minimum absolute atomic E-state index is 0.0841. The average Bonchev–Trinajstić information content (AvgIpc) is 3.41. The highest BCUT2D eigenvalue weighted by Gasteiger charge is 2.42. The van der Waals surface area contributed by atoms with Crippen LogP contribution in [0.2, 0.25) is 0 Å². The molecule has 2 aliphatic rings. The number of hydrogen-bond acceptors (Lipinski definition) is 8. The molecule has 10 nitrogen and oxygen atoms in total. The zero-order valence-corrected chi connectivity index (χ0v) is 21.3. The molecule has 2 aromatic heterocycles. The number of aliphatic hydroxyl groups excluding tert-OH is 1. The van der Waals surface area contributed by atoms with Gasteiger partial charge in [0.15, 0.2) is 9.84 Å². The van der Waals surface area contributed by atoms with Crippen molar-refractivity contribution in [2.24, 2.45) is 11.8 Å². The maximum Gasteiger partial charge on any atom is 0.214 e. The Labute approximate surface area is 196 Å². The van der Waals surface area contributed by atoms with Crippen LogP contribution in [0.4, 0.5) is 5.82 Å². The molecule has 2 fully saturated rings. The number of nitrogens with zero attached hydrogens (tertiary/aromatic N) is 4. The number of aromatic amines is 1. The van der Waals surface area contributed by atoms with Gasteiger partial charge < -0.3 is 15.0 Å². The van der Waals surface area contributed by atoms with E-state index in [-0.39, 0.29) is 24.1 Å². The van der Waals surface area contributed by atoms with Crippen LogP contribution in [0.1, 0.15) is 32.6 Å². The van der Waals surface area contributed by atoms with Gasteiger partial charge in [0.25, 0.3) is 0 Å². The molecule has 12 heteroatoms. The monoisotopic (exact) mass is 501 g/mol. The molecule has 33 heavy (non-hydrogen) atoms. The maximum absolute atomic E-state index is 13.0. The lowest BCUT2D eigenvalue weighted by Gasteiger charge is -2.35. The topological polar surface area (TPSA) is 137 Å². The molecule has 1 aliphatic heterocycles. The number of sulfonamides is 1. The molecule has 0 spiro atoms. The summed E-state index contributed by atoms with van der Waals surface area (Å²) in [6.45, 7) is 2.19. The largest absolute Gasteiger partial charge is 0.400 e. The number of aromatic nitrogens is 3. The van der Waals surface area contributed by atoms with Crippen molar-refractivity contribution < 1.29 is 21.9 Å². The normalized spacial score (nSPS) is 26.7. The van der Waals surface area contributed by atoms with E-state index in [0.29, 0.717) is 12.6 Å². The number of nitrogens with one attached hydrogen (secondary N) is 1. The SMILES string of the molecule is CO.C[C@H]1CN(S(=O)(=O)CC2CCC(N(C)c3ncnc4[nH]ccc34)CC2)C[C@H]1S(C)(=O)=O. The first-order valence-corrected chi connectivity index (χ1v) is 14.7. The van der Waals surface area contributed by atoms with Gasteiger partial charge in [0, 0.05) is 45.7 Å². The van der Waals surface area contributed by atoms with Gasteiger partial charge in [-0.05, 0) is 43.6 Å². The molecule has 2 aromatic rings. The van der Waals surface area contributed by atoms with Crippen molar-refractivity contribution in [2.75, 3.05) is 44.2 Å². The first-order chi connectivity index (χ1) is 15.6. The fraction of sp³-hybridized carbons (Fsp3) is 0.714. The molecule has 0 radical (unpaired) electrons. The van der Waals surface area contributed by atoms with Crippen LogP contribution < -0.4 is 4.90 Å². The van der Waals surface area contributed by atoms with E-state index in [1.54, 1.807) is 6.33 Å². The highest BCUT2D eigenvalue weighted by atomic mass is 32.2. The Bertz CT molecular complexity index is 1140. The predicted molar refractivity (Wildman–Crippen MR) is 129 cm³/mol. The third-order valence-corrected chi connectivity index (χ3v) is 10.6. The molecule has 2 N–H and O–H groups in total. The summed E-state index contributed by atoms with van der Waals surface area (Å²) in [4.78, 5) is 14.0. The van der Waals surface area contributed by atoms with Gasteiger partial charge in [0.2, 0.25) is 10.0 Å². The van der Waals surface area contributed by atoms with E-state index in [1.165, 1.54) is 10.6 Å². The Kier molecular flexibility index (Phi) is 8.03. The van der Waals surface area contributed by atoms with E-state index < -0.39 is 25.1 Å². The number of anilines is 1. The van der Waals surface area contributed by atoms with Gasteiger partial charge in [0.1, 0.15) is 17.8 Å². The Balaban J connectivity index is 0.00000149. The molecule has 1 saturated heterocycles. The van der Waals surface area contributed by atoms with Crippen molar-refractivity contribution in [3.05, 3.63) is 18.6 Å². The lowest BCUT2D eigenvalue weighted by Crippen LogP contribution is -2.39. The molecular formula is C21H35N5O5S2. The Morgan fingerprint density at radius 2 is 1.79 bits per heavy atom. The summed E-state index contributed by atoms with van der Waals surface area (Å²) in [5.74, 6) is 0.912. The maximum atomic E-state index is 13.0. The van der Waals surface area contributed by atoms with Crippen molar-refractivity contribution >= 4 is 36.7 Å². The molecule has 1 aliphatic carbocycles. The van der Waals surface area contributed by atoms with E-state index in [1.807, 2.05) is 26.2 Å². The van der Waals surface area contributed by atoms with Gasteiger partial charge in [-0.3, -0.25) is 0 Å². The third-order valence-electron chi connectivity index (χ3n) is 6.93. The smallest absolute Gasteiger partial charge is 0.214 e. The summed E-state index contributed by atoms with van der Waals surface area (Å²) in [7, 11) is -3.69. The highest BCUT2D eigenvalue weighted by Crippen LogP contribution is 2.33. The molecule has 3 heterocycles. The quantitative estimate of drug-likeness (QED) is 0.604. The van der Waals surface area contributed by atoms with Crippen molar-refractivity contribution in [3.63, 3.8) is 0 Å². The van der Waals surface area contributed by atoms with Crippen LogP contribution in [0.3, 0.4) is 0 Å². The van der Waals surface area contributed by atoms with E-state index in [4.69, 9.17) is 5.11 Å². The number of fused-ring (bicyclic) bond motifs is 1. The van der Waals surface area contributed by atoms with Crippen molar-refractivity contribution in [3.8, 4) is 0 Å². The molecule has 0 amide bonds. The van der Waals surface area contributed by atoms with Crippen molar-refractivity contribution in [1.82, 2.24) is 19.3 Å². The summed E-state index contributed by atoms with van der Waals surface area (Å²) in [6, 6.07) is 2.27. The summed E-state index contributed by atoms with van der Waals surface area (Å²) >= 11 is 0. The van der Waals surface area contributed by atoms with Gasteiger partial charge >= 0.3 is 0 Å². The Hall–Kier alpha value is -1.76. The second-order valence-electron chi connectivity index (χ2n) is 9.16. The fourth-order valence-corrected chi connectivity index (χ4v) is 8.56. The molecule has 0 unspecified atom stereocenters. The van der Waals surface area contributed by atoms with Crippen LogP contribution in [-0.2, 0) is 19.9 Å². The summed E-state index contributed by atoms with van der Waals surface area (Å²) in [5.41, 5.74) is 0.809. The molecule has 4 rings (SSSR count). The summed E-state index contributed by atoms with van der Waals surface area (Å²) in [5, 5.41) is 7.38. The molecule has 2 atom stereocenters. The van der Waals surface area contributed by atoms with Crippen molar-refractivity contribution in [1.29, 1.82) is 0 Å². The number of hydrogen-bond donors (Lipinski definition) is 2. The fourth-order valence-electron chi connectivity index (χ4n) is 5.09. The lowest BCUT2D eigenvalue weighted by atomic mass is 9.86. The van der Waals surface area contributed by atoms with E-state index >= 15 is 0 Å². The van der Waals surface area contributed by atoms with E-state index in [9.17, 15) is 16.8 Å². The zero-order chi connectivity index (χ0) is 24.4. The lowest BCUT2D eigenvalue weighted by molar-refractivity contribution is 0.335. The molecule has 1 saturated carbocycles. The van der Waals surface area contributed by atoms with Gasteiger partial charge in [-0.25, -0.2) is 31.1 Å². The summed E-state index contributed by atoms with van der Waals surface area (Å²) in [6.07, 6.45) is 8.06. The van der Waals surface area contributed by atoms with Gasteiger partial charge in [-0.15, -0.1) is 0 Å². The minimum atomic E-state index is -3.47. The Morgan fingerprint density at radius 3 is 2.39 bits per heavy atom. The molecule has 0 aromatic carbocycles. The van der Waals surface area contributed by atoms with Crippen LogP contribution in [0.15, 0.2) is 18.6 Å². The van der Waals surface area contributed by atoms with E-state index in [0.717, 1.165) is 49.6 Å². The molecular weight excluding hydrogens is 466 g/mol. The van der Waals surface area contributed by atoms with Crippen LogP contribution in [0.5, 0.6) is 0 Å². The Morgan fingerprint density at radius 1 is 1.12 bits per heavy atom. The second-order valence-corrected chi connectivity index (χ2v) is 13.4. The number of H-pyrrole nitrogens is 1. The van der Waals surface area contributed by atoms with Crippen LogP contribution in [0, 0.1) is 11.8 Å². The van der Waals surface area contributed by atoms with Crippen LogP contribution in [-0.4, -0.2) is 91.7 Å². The standard InChI is InChI=1S/C20H31N5O4S2.CH4O/c1-14-10-25(11-18(14)30(3,26)27)31(28,29)12-15-4-6-16(7-5-15)24(2)20-17-8-9-21-19(17)22-13-23-20;1-2/h8-9,13-16,18H,4-7,10-12H2,1-3H3,(H,21,22,23);2H,1H3/t14-,15?,16?,18+;/m0./s1. The van der Waals surface area contributed by atoms with Gasteiger partial charge in [0.05, 0.1) is 16.4 Å². The predicted octanol–water partition coefficient (Wildman–Crippen LogP) is 1.26. The number of sulfone groups is 1. The van der Waals surface area contributed by atoms with Gasteiger partial charge in [-0.1, -0.05) is 6.92 Å². The summed E-state index contributed by atoms with van der Waals surface area (Å²) < 4.78 is 51.2. The molecule has 186 valence electrons. The first-order valence-electron chi connectivity index (χ1n) is 11.2. The van der Waals surface area contributed by atoms with Crippen LogP contribution >= 0.6 is 0 Å². The number of rotatable bonds is 6. The van der Waals surface area contributed by atoms with Crippen LogP contribution in [0.25, 0.3) is 11.0 Å². The van der Waals surface area contributed by atoms with E-state index in [2.05, 4.69) is 19.9 Å². The van der Waals surface area contributed by atoms with Gasteiger partial charge in [-0.2, -0.15) is 0 Å². The highest BCUT2D eigenvalue weighted by molar-refractivity contribution is 7.91. The average molecular weight is 502 g/mol. The van der Waals surface area contributed by atoms with Crippen molar-refractivity contribution in [2.45, 2.75) is 43.9 Å². The number of aliphatic hydroxyl groups is 1. The zero-order valence-electron chi connectivity index (χ0n) is 19.7. The second kappa shape index (κ2) is 10.2.